The molecule has 0 aliphatic carbocycles. The fraction of sp³-hybridized carbons (Fsp3) is 0.360. The summed E-state index contributed by atoms with van der Waals surface area (Å²) in [5.41, 5.74) is 3.77. The third-order valence-corrected chi connectivity index (χ3v) is 5.23. The molecule has 0 bridgehead atoms. The summed E-state index contributed by atoms with van der Waals surface area (Å²) in [6, 6.07) is 12.8. The molecule has 1 N–H and O–H groups in total. The number of anilines is 1. The molecule has 0 saturated carbocycles. The number of aromatic nitrogens is 6. The number of carbonyl (C=O) groups is 1. The van der Waals surface area contributed by atoms with E-state index in [0.29, 0.717) is 29.4 Å². The van der Waals surface area contributed by atoms with E-state index in [-0.39, 0.29) is 17.2 Å². The Labute approximate surface area is 198 Å². The summed E-state index contributed by atoms with van der Waals surface area (Å²) in [6.07, 6.45) is 0.679. The van der Waals surface area contributed by atoms with Gasteiger partial charge in [0.1, 0.15) is 0 Å². The molecular formula is C25H29N7O2. The van der Waals surface area contributed by atoms with Crippen molar-refractivity contribution in [2.75, 3.05) is 5.32 Å². The number of nitrogens with zero attached hydrogens (tertiary/aromatic N) is 6. The number of amides is 1. The topological polar surface area (TPSA) is 112 Å². The van der Waals surface area contributed by atoms with Crippen LogP contribution in [0.3, 0.4) is 0 Å². The Balaban J connectivity index is 1.51. The van der Waals surface area contributed by atoms with Crippen molar-refractivity contribution in [1.29, 1.82) is 0 Å². The SMILES string of the molecule is Cc1cc(NC(=O)c2cccc(-c3noc(CC(C)(C)C)n3)c2)ccc1-n1nnnc1C(C)C. The van der Waals surface area contributed by atoms with Crippen molar-refractivity contribution >= 4 is 11.6 Å². The largest absolute Gasteiger partial charge is 0.339 e. The van der Waals surface area contributed by atoms with Crippen molar-refractivity contribution in [2.24, 2.45) is 5.41 Å². The summed E-state index contributed by atoms with van der Waals surface area (Å²) in [6.45, 7) is 12.4. The minimum Gasteiger partial charge on any atom is -0.339 e. The van der Waals surface area contributed by atoms with E-state index in [1.807, 2.05) is 51.1 Å². The van der Waals surface area contributed by atoms with Gasteiger partial charge >= 0.3 is 0 Å². The van der Waals surface area contributed by atoms with Crippen LogP contribution in [0, 0.1) is 12.3 Å². The highest BCUT2D eigenvalue weighted by molar-refractivity contribution is 6.05. The molecule has 2 heterocycles. The zero-order chi connectivity index (χ0) is 24.5. The molecule has 0 radical (unpaired) electrons. The van der Waals surface area contributed by atoms with Gasteiger partial charge in [0, 0.05) is 29.2 Å². The van der Waals surface area contributed by atoms with E-state index in [4.69, 9.17) is 4.52 Å². The van der Waals surface area contributed by atoms with Crippen molar-refractivity contribution in [3.8, 4) is 17.1 Å². The standard InChI is InChI=1S/C25H29N7O2/c1-15(2)23-28-30-31-32(23)20-11-10-19(12-16(20)3)26-24(33)18-9-7-8-17(13-18)22-27-21(34-29-22)14-25(4,5)6/h7-13,15H,14H2,1-6H3,(H,26,33). The van der Waals surface area contributed by atoms with Crippen molar-refractivity contribution < 1.29 is 9.32 Å². The first-order valence-electron chi connectivity index (χ1n) is 11.2. The molecular weight excluding hydrogens is 430 g/mol. The number of aryl methyl sites for hydroxylation is 1. The van der Waals surface area contributed by atoms with Crippen LogP contribution >= 0.6 is 0 Å². The van der Waals surface area contributed by atoms with Gasteiger partial charge in [0.25, 0.3) is 5.91 Å². The van der Waals surface area contributed by atoms with Gasteiger partial charge in [0.15, 0.2) is 5.82 Å². The first-order chi connectivity index (χ1) is 16.1. The molecule has 0 spiro atoms. The second-order valence-electron chi connectivity index (χ2n) is 9.89. The van der Waals surface area contributed by atoms with Crippen molar-refractivity contribution in [3.63, 3.8) is 0 Å². The maximum Gasteiger partial charge on any atom is 0.255 e. The molecule has 9 heteroatoms. The zero-order valence-corrected chi connectivity index (χ0v) is 20.3. The second kappa shape index (κ2) is 9.17. The lowest BCUT2D eigenvalue weighted by Crippen LogP contribution is -2.13. The summed E-state index contributed by atoms with van der Waals surface area (Å²) in [5.74, 6) is 1.79. The van der Waals surface area contributed by atoms with E-state index in [1.165, 1.54) is 0 Å². The Morgan fingerprint density at radius 3 is 2.65 bits per heavy atom. The minimum atomic E-state index is -0.224. The van der Waals surface area contributed by atoms with Crippen LogP contribution in [0.15, 0.2) is 47.0 Å². The van der Waals surface area contributed by atoms with Gasteiger partial charge in [-0.05, 0) is 58.7 Å². The molecule has 4 aromatic rings. The van der Waals surface area contributed by atoms with Crippen LogP contribution in [0.5, 0.6) is 0 Å². The summed E-state index contributed by atoms with van der Waals surface area (Å²) in [7, 11) is 0. The van der Waals surface area contributed by atoms with E-state index in [1.54, 1.807) is 16.8 Å². The Morgan fingerprint density at radius 2 is 1.94 bits per heavy atom. The van der Waals surface area contributed by atoms with E-state index < -0.39 is 0 Å². The van der Waals surface area contributed by atoms with Gasteiger partial charge in [-0.2, -0.15) is 9.67 Å². The molecule has 0 atom stereocenters. The van der Waals surface area contributed by atoms with Crippen LogP contribution in [0.4, 0.5) is 5.69 Å². The van der Waals surface area contributed by atoms with Crippen molar-refractivity contribution in [3.05, 3.63) is 65.3 Å². The number of hydrogen-bond donors (Lipinski definition) is 1. The fourth-order valence-corrected chi connectivity index (χ4v) is 3.60. The molecule has 0 fully saturated rings. The summed E-state index contributed by atoms with van der Waals surface area (Å²) >= 11 is 0. The van der Waals surface area contributed by atoms with Gasteiger partial charge in [-0.1, -0.05) is 51.9 Å². The molecule has 0 aliphatic rings. The number of rotatable bonds is 6. The van der Waals surface area contributed by atoms with Crippen molar-refractivity contribution in [2.45, 2.75) is 53.9 Å². The molecule has 2 aromatic carbocycles. The number of benzene rings is 2. The van der Waals surface area contributed by atoms with Crippen LogP contribution in [-0.2, 0) is 6.42 Å². The van der Waals surface area contributed by atoms with Crippen LogP contribution < -0.4 is 5.32 Å². The average molecular weight is 460 g/mol. The molecule has 2 aromatic heterocycles. The van der Waals surface area contributed by atoms with E-state index in [0.717, 1.165) is 22.6 Å². The zero-order valence-electron chi connectivity index (χ0n) is 20.3. The highest BCUT2D eigenvalue weighted by Gasteiger charge is 2.18. The lowest BCUT2D eigenvalue weighted by atomic mass is 9.92. The minimum absolute atomic E-state index is 0.0417. The Bertz CT molecular complexity index is 1310. The lowest BCUT2D eigenvalue weighted by molar-refractivity contribution is 0.102. The summed E-state index contributed by atoms with van der Waals surface area (Å²) in [4.78, 5) is 17.4. The molecule has 0 aliphatic heterocycles. The predicted octanol–water partition coefficient (Wildman–Crippen LogP) is 4.99. The molecule has 0 saturated heterocycles. The van der Waals surface area contributed by atoms with E-state index in [2.05, 4.69) is 51.8 Å². The van der Waals surface area contributed by atoms with Gasteiger partial charge in [-0.15, -0.1) is 5.10 Å². The molecule has 1 amide bonds. The third-order valence-electron chi connectivity index (χ3n) is 5.23. The molecule has 176 valence electrons. The van der Waals surface area contributed by atoms with Crippen LogP contribution in [0.25, 0.3) is 17.1 Å². The highest BCUT2D eigenvalue weighted by atomic mass is 16.5. The Morgan fingerprint density at radius 1 is 1.15 bits per heavy atom. The maximum absolute atomic E-state index is 12.9. The first kappa shape index (κ1) is 23.3. The quantitative estimate of drug-likeness (QED) is 0.432. The average Bonchev–Trinajstić information content (AvgIpc) is 3.43. The molecule has 4 rings (SSSR count). The fourth-order valence-electron chi connectivity index (χ4n) is 3.60. The second-order valence-corrected chi connectivity index (χ2v) is 9.89. The van der Waals surface area contributed by atoms with Crippen molar-refractivity contribution in [1.82, 2.24) is 30.3 Å². The number of carbonyl (C=O) groups excluding carboxylic acids is 1. The third kappa shape index (κ3) is 5.19. The van der Waals surface area contributed by atoms with Gasteiger partial charge in [0.05, 0.1) is 5.69 Å². The lowest BCUT2D eigenvalue weighted by Gasteiger charge is -2.13. The van der Waals surface area contributed by atoms with E-state index >= 15 is 0 Å². The summed E-state index contributed by atoms with van der Waals surface area (Å²) in [5, 5.41) is 19.1. The van der Waals surface area contributed by atoms with Crippen LogP contribution in [0.2, 0.25) is 0 Å². The highest BCUT2D eigenvalue weighted by Crippen LogP contribution is 2.24. The number of nitrogens with one attached hydrogen (secondary N) is 1. The van der Waals surface area contributed by atoms with Gasteiger partial charge in [-0.3, -0.25) is 4.79 Å². The first-order valence-corrected chi connectivity index (χ1v) is 11.2. The Kier molecular flexibility index (Phi) is 6.28. The normalized spacial score (nSPS) is 11.7. The maximum atomic E-state index is 12.9. The molecule has 34 heavy (non-hydrogen) atoms. The van der Waals surface area contributed by atoms with Gasteiger partial charge < -0.3 is 9.84 Å². The van der Waals surface area contributed by atoms with Crippen LogP contribution in [0.1, 0.15) is 68.2 Å². The predicted molar refractivity (Wildman–Crippen MR) is 129 cm³/mol. The van der Waals surface area contributed by atoms with Gasteiger partial charge in [0.2, 0.25) is 11.7 Å². The number of hydrogen-bond acceptors (Lipinski definition) is 7. The number of tetrazole rings is 1. The molecule has 0 unspecified atom stereocenters. The Hall–Kier alpha value is -3.88. The van der Waals surface area contributed by atoms with E-state index in [9.17, 15) is 4.79 Å². The smallest absolute Gasteiger partial charge is 0.255 e. The van der Waals surface area contributed by atoms with Crippen LogP contribution in [-0.4, -0.2) is 36.3 Å². The summed E-state index contributed by atoms with van der Waals surface area (Å²) < 4.78 is 7.12. The van der Waals surface area contributed by atoms with Gasteiger partial charge in [-0.25, -0.2) is 0 Å². The molecule has 9 nitrogen and oxygen atoms in total. The monoisotopic (exact) mass is 459 g/mol.